The lowest BCUT2D eigenvalue weighted by Crippen LogP contribution is -2.34. The van der Waals surface area contributed by atoms with Gasteiger partial charge in [0.25, 0.3) is 0 Å². The van der Waals surface area contributed by atoms with Gasteiger partial charge in [-0.3, -0.25) is 0 Å². The summed E-state index contributed by atoms with van der Waals surface area (Å²) in [5.74, 6) is 0.983. The molecule has 0 saturated heterocycles. The molecule has 2 heteroatoms. The predicted octanol–water partition coefficient (Wildman–Crippen LogP) is 3.39. The third kappa shape index (κ3) is 4.39. The molecular weight excluding hydrogens is 210 g/mol. The maximum atomic E-state index is 6.15. The van der Waals surface area contributed by atoms with Gasteiger partial charge in [-0.15, -0.1) is 0 Å². The Morgan fingerprint density at radius 1 is 1.24 bits per heavy atom. The number of aryl methyl sites for hydroxylation is 1. The standard InChI is InChI=1S/C15H25NO/c1-15(2,3)14(16)11-7-9-12-8-5-6-10-13(12)17-4/h5-6,8,10,14H,7,9,11,16H2,1-4H3. The summed E-state index contributed by atoms with van der Waals surface area (Å²) in [6, 6.07) is 8.46. The molecule has 2 N–H and O–H groups in total. The molecule has 17 heavy (non-hydrogen) atoms. The van der Waals surface area contributed by atoms with Gasteiger partial charge in [0.1, 0.15) is 5.75 Å². The van der Waals surface area contributed by atoms with Crippen molar-refractivity contribution < 1.29 is 4.74 Å². The smallest absolute Gasteiger partial charge is 0.122 e. The van der Waals surface area contributed by atoms with Crippen LogP contribution in [0.4, 0.5) is 0 Å². The minimum absolute atomic E-state index is 0.195. The molecule has 1 atom stereocenters. The van der Waals surface area contributed by atoms with Crippen LogP contribution >= 0.6 is 0 Å². The van der Waals surface area contributed by atoms with Gasteiger partial charge in [-0.25, -0.2) is 0 Å². The van der Waals surface area contributed by atoms with Crippen molar-refractivity contribution in [2.24, 2.45) is 11.1 Å². The first-order valence-corrected chi connectivity index (χ1v) is 6.32. The molecule has 1 aromatic rings. The number of nitrogens with two attached hydrogens (primary N) is 1. The van der Waals surface area contributed by atoms with Gasteiger partial charge >= 0.3 is 0 Å². The Morgan fingerprint density at radius 2 is 1.88 bits per heavy atom. The highest BCUT2D eigenvalue weighted by Crippen LogP contribution is 2.23. The Balaban J connectivity index is 2.46. The second-order valence-corrected chi connectivity index (χ2v) is 5.68. The molecule has 96 valence electrons. The minimum atomic E-state index is 0.195. The monoisotopic (exact) mass is 235 g/mol. The molecule has 1 aromatic carbocycles. The molecule has 0 aliphatic rings. The zero-order valence-corrected chi connectivity index (χ0v) is 11.5. The van der Waals surface area contributed by atoms with Gasteiger partial charge < -0.3 is 10.5 Å². The van der Waals surface area contributed by atoms with E-state index in [1.54, 1.807) is 7.11 Å². The molecule has 0 aliphatic heterocycles. The van der Waals surface area contributed by atoms with Crippen LogP contribution in [0.5, 0.6) is 5.75 Å². The molecule has 1 rings (SSSR count). The highest BCUT2D eigenvalue weighted by Gasteiger charge is 2.19. The molecule has 0 saturated carbocycles. The highest BCUT2D eigenvalue weighted by molar-refractivity contribution is 5.33. The molecule has 0 radical (unpaired) electrons. The van der Waals surface area contributed by atoms with Gasteiger partial charge in [0, 0.05) is 6.04 Å². The van der Waals surface area contributed by atoms with E-state index in [0.29, 0.717) is 0 Å². The van der Waals surface area contributed by atoms with Gasteiger partial charge in [0.15, 0.2) is 0 Å². The van der Waals surface area contributed by atoms with E-state index in [9.17, 15) is 0 Å². The summed E-state index contributed by atoms with van der Waals surface area (Å²) in [5, 5.41) is 0. The number of benzene rings is 1. The average Bonchev–Trinajstić information content (AvgIpc) is 2.28. The fourth-order valence-electron chi connectivity index (χ4n) is 1.85. The summed E-state index contributed by atoms with van der Waals surface area (Å²) in [4.78, 5) is 0. The molecule has 0 heterocycles. The summed E-state index contributed by atoms with van der Waals surface area (Å²) < 4.78 is 5.34. The number of methoxy groups -OCH3 is 1. The topological polar surface area (TPSA) is 35.2 Å². The van der Waals surface area contributed by atoms with E-state index in [1.165, 1.54) is 5.56 Å². The van der Waals surface area contributed by atoms with Crippen molar-refractivity contribution in [2.45, 2.75) is 46.1 Å². The molecule has 0 fully saturated rings. The number of ether oxygens (including phenoxy) is 1. The molecule has 0 aromatic heterocycles. The van der Waals surface area contributed by atoms with Crippen LogP contribution in [0.2, 0.25) is 0 Å². The van der Waals surface area contributed by atoms with Crippen LogP contribution in [0.15, 0.2) is 24.3 Å². The van der Waals surface area contributed by atoms with Gasteiger partial charge in [0.2, 0.25) is 0 Å². The van der Waals surface area contributed by atoms with Crippen LogP contribution in [0, 0.1) is 5.41 Å². The summed E-state index contributed by atoms with van der Waals surface area (Å²) in [5.41, 5.74) is 7.62. The third-order valence-corrected chi connectivity index (χ3v) is 3.27. The average molecular weight is 235 g/mol. The van der Waals surface area contributed by atoms with Crippen molar-refractivity contribution >= 4 is 0 Å². The molecule has 0 aliphatic carbocycles. The number of para-hydroxylation sites is 1. The molecule has 0 spiro atoms. The number of hydrogen-bond acceptors (Lipinski definition) is 2. The first-order chi connectivity index (χ1) is 7.95. The number of rotatable bonds is 5. The zero-order valence-electron chi connectivity index (χ0n) is 11.5. The number of hydrogen-bond donors (Lipinski definition) is 1. The first-order valence-electron chi connectivity index (χ1n) is 6.32. The van der Waals surface area contributed by atoms with Crippen LogP contribution in [0.25, 0.3) is 0 Å². The van der Waals surface area contributed by atoms with Gasteiger partial charge in [-0.1, -0.05) is 39.0 Å². The van der Waals surface area contributed by atoms with Crippen molar-refractivity contribution in [2.75, 3.05) is 7.11 Å². The van der Waals surface area contributed by atoms with E-state index >= 15 is 0 Å². The maximum absolute atomic E-state index is 6.15. The molecule has 2 nitrogen and oxygen atoms in total. The summed E-state index contributed by atoms with van der Waals surface area (Å²) in [6.07, 6.45) is 3.20. The fraction of sp³-hybridized carbons (Fsp3) is 0.600. The van der Waals surface area contributed by atoms with E-state index in [4.69, 9.17) is 10.5 Å². The Morgan fingerprint density at radius 3 is 2.47 bits per heavy atom. The van der Waals surface area contributed by atoms with Gasteiger partial charge in [-0.2, -0.15) is 0 Å². The van der Waals surface area contributed by atoms with E-state index in [1.807, 2.05) is 12.1 Å². The molecular formula is C15H25NO. The lowest BCUT2D eigenvalue weighted by molar-refractivity contribution is 0.301. The van der Waals surface area contributed by atoms with Crippen molar-refractivity contribution in [1.29, 1.82) is 0 Å². The Hall–Kier alpha value is -1.02. The fourth-order valence-corrected chi connectivity index (χ4v) is 1.85. The van der Waals surface area contributed by atoms with E-state index in [-0.39, 0.29) is 11.5 Å². The van der Waals surface area contributed by atoms with Crippen LogP contribution in [-0.2, 0) is 6.42 Å². The Labute approximate surface area is 105 Å². The normalized spacial score (nSPS) is 13.5. The van der Waals surface area contributed by atoms with Crippen LogP contribution < -0.4 is 10.5 Å². The van der Waals surface area contributed by atoms with Crippen LogP contribution in [0.3, 0.4) is 0 Å². The lowest BCUT2D eigenvalue weighted by atomic mass is 9.84. The molecule has 1 unspecified atom stereocenters. The largest absolute Gasteiger partial charge is 0.496 e. The summed E-state index contributed by atoms with van der Waals surface area (Å²) >= 11 is 0. The zero-order chi connectivity index (χ0) is 12.9. The Bertz CT molecular complexity index is 341. The molecule has 0 bridgehead atoms. The summed E-state index contributed by atoms with van der Waals surface area (Å²) in [7, 11) is 1.72. The van der Waals surface area contributed by atoms with E-state index < -0.39 is 0 Å². The Kier molecular flexibility index (Phi) is 5.01. The highest BCUT2D eigenvalue weighted by atomic mass is 16.5. The van der Waals surface area contributed by atoms with Crippen LogP contribution in [-0.4, -0.2) is 13.2 Å². The van der Waals surface area contributed by atoms with Crippen molar-refractivity contribution in [3.05, 3.63) is 29.8 Å². The maximum Gasteiger partial charge on any atom is 0.122 e. The third-order valence-electron chi connectivity index (χ3n) is 3.27. The van der Waals surface area contributed by atoms with Gasteiger partial charge in [0.05, 0.1) is 7.11 Å². The second-order valence-electron chi connectivity index (χ2n) is 5.68. The summed E-state index contributed by atoms with van der Waals surface area (Å²) in [6.45, 7) is 6.59. The van der Waals surface area contributed by atoms with Crippen molar-refractivity contribution in [1.82, 2.24) is 0 Å². The first kappa shape index (κ1) is 14.0. The van der Waals surface area contributed by atoms with Gasteiger partial charge in [-0.05, 0) is 36.3 Å². The van der Waals surface area contributed by atoms with Crippen molar-refractivity contribution in [3.63, 3.8) is 0 Å². The van der Waals surface area contributed by atoms with Crippen LogP contribution in [0.1, 0.15) is 39.2 Å². The SMILES string of the molecule is COc1ccccc1CCCC(N)C(C)(C)C. The quantitative estimate of drug-likeness (QED) is 0.849. The predicted molar refractivity (Wildman–Crippen MR) is 73.4 cm³/mol. The van der Waals surface area contributed by atoms with Crippen molar-refractivity contribution in [3.8, 4) is 5.75 Å². The van der Waals surface area contributed by atoms with E-state index in [2.05, 4.69) is 32.9 Å². The minimum Gasteiger partial charge on any atom is -0.496 e. The molecule has 0 amide bonds. The second kappa shape index (κ2) is 6.06. The lowest BCUT2D eigenvalue weighted by Gasteiger charge is -2.27. The van der Waals surface area contributed by atoms with E-state index in [0.717, 1.165) is 25.0 Å².